The van der Waals surface area contributed by atoms with Crippen LogP contribution in [0, 0.1) is 0 Å². The van der Waals surface area contributed by atoms with E-state index in [0.717, 1.165) is 21.6 Å². The van der Waals surface area contributed by atoms with Gasteiger partial charge in [-0.1, -0.05) is 0 Å². The summed E-state index contributed by atoms with van der Waals surface area (Å²) in [7, 11) is 1.88. The SMILES string of the molecule is CNCc1coc(-c2csc(Br)c2)n1. The third-order valence-electron chi connectivity index (χ3n) is 1.72. The van der Waals surface area contributed by atoms with Gasteiger partial charge in [-0.3, -0.25) is 0 Å². The Hall–Kier alpha value is -0.650. The van der Waals surface area contributed by atoms with Crippen LogP contribution in [0.1, 0.15) is 5.69 Å². The van der Waals surface area contributed by atoms with Crippen LogP contribution in [0.15, 0.2) is 25.9 Å². The first kappa shape index (κ1) is 9.89. The highest BCUT2D eigenvalue weighted by Gasteiger charge is 2.07. The highest BCUT2D eigenvalue weighted by molar-refractivity contribution is 9.11. The van der Waals surface area contributed by atoms with E-state index < -0.39 is 0 Å². The van der Waals surface area contributed by atoms with Gasteiger partial charge in [-0.05, 0) is 29.0 Å². The van der Waals surface area contributed by atoms with E-state index in [1.165, 1.54) is 0 Å². The number of nitrogens with zero attached hydrogens (tertiary/aromatic N) is 1. The Morgan fingerprint density at radius 3 is 3.14 bits per heavy atom. The average Bonchev–Trinajstić information content (AvgIpc) is 2.74. The van der Waals surface area contributed by atoms with Gasteiger partial charge >= 0.3 is 0 Å². The summed E-state index contributed by atoms with van der Waals surface area (Å²) in [6.45, 7) is 0.731. The zero-order chi connectivity index (χ0) is 9.97. The molecule has 0 aromatic carbocycles. The average molecular weight is 273 g/mol. The molecule has 74 valence electrons. The summed E-state index contributed by atoms with van der Waals surface area (Å²) in [4.78, 5) is 4.34. The van der Waals surface area contributed by atoms with E-state index >= 15 is 0 Å². The van der Waals surface area contributed by atoms with Crippen LogP contribution in [0.25, 0.3) is 11.5 Å². The van der Waals surface area contributed by atoms with E-state index in [1.54, 1.807) is 17.6 Å². The predicted octanol–water partition coefficient (Wildman–Crippen LogP) is 2.89. The van der Waals surface area contributed by atoms with Gasteiger partial charge in [0.15, 0.2) is 0 Å². The van der Waals surface area contributed by atoms with Crippen molar-refractivity contribution in [3.63, 3.8) is 0 Å². The van der Waals surface area contributed by atoms with E-state index in [0.29, 0.717) is 5.89 Å². The standard InChI is InChI=1S/C9H9BrN2OS/c1-11-3-7-4-13-9(12-7)6-2-8(10)14-5-6/h2,4-5,11H,3H2,1H3. The third-order valence-corrected chi connectivity index (χ3v) is 3.23. The highest BCUT2D eigenvalue weighted by atomic mass is 79.9. The maximum Gasteiger partial charge on any atom is 0.227 e. The van der Waals surface area contributed by atoms with Crippen molar-refractivity contribution in [2.24, 2.45) is 0 Å². The van der Waals surface area contributed by atoms with Crippen LogP contribution in [0.5, 0.6) is 0 Å². The first-order valence-corrected chi connectivity index (χ1v) is 5.80. The Kier molecular flexibility index (Phi) is 3.00. The van der Waals surface area contributed by atoms with Crippen molar-refractivity contribution < 1.29 is 4.42 Å². The quantitative estimate of drug-likeness (QED) is 0.934. The second kappa shape index (κ2) is 4.25. The van der Waals surface area contributed by atoms with E-state index in [2.05, 4.69) is 26.2 Å². The zero-order valence-corrected chi connectivity index (χ0v) is 9.98. The van der Waals surface area contributed by atoms with E-state index in [-0.39, 0.29) is 0 Å². The third kappa shape index (κ3) is 2.05. The van der Waals surface area contributed by atoms with Gasteiger partial charge in [0.2, 0.25) is 5.89 Å². The number of hydrogen-bond donors (Lipinski definition) is 1. The molecule has 0 spiro atoms. The topological polar surface area (TPSA) is 38.1 Å². The second-order valence-corrected chi connectivity index (χ2v) is 5.10. The number of oxazole rings is 1. The Morgan fingerprint density at radius 2 is 2.50 bits per heavy atom. The summed E-state index contributed by atoms with van der Waals surface area (Å²) >= 11 is 5.03. The molecule has 5 heteroatoms. The molecule has 14 heavy (non-hydrogen) atoms. The van der Waals surface area contributed by atoms with Gasteiger partial charge in [-0.2, -0.15) is 0 Å². The van der Waals surface area contributed by atoms with Crippen molar-refractivity contribution in [1.29, 1.82) is 0 Å². The lowest BCUT2D eigenvalue weighted by atomic mass is 10.3. The Morgan fingerprint density at radius 1 is 1.64 bits per heavy atom. The molecule has 2 rings (SSSR count). The van der Waals surface area contributed by atoms with Gasteiger partial charge in [0.25, 0.3) is 0 Å². The van der Waals surface area contributed by atoms with Crippen LogP contribution in [0.2, 0.25) is 0 Å². The molecule has 0 saturated carbocycles. The van der Waals surface area contributed by atoms with Crippen LogP contribution in [0.3, 0.4) is 0 Å². The largest absolute Gasteiger partial charge is 0.444 e. The smallest absolute Gasteiger partial charge is 0.227 e. The van der Waals surface area contributed by atoms with Gasteiger partial charge < -0.3 is 9.73 Å². The van der Waals surface area contributed by atoms with Crippen LogP contribution in [-0.4, -0.2) is 12.0 Å². The summed E-state index contributed by atoms with van der Waals surface area (Å²) in [5.74, 6) is 0.678. The molecule has 2 aromatic heterocycles. The maximum atomic E-state index is 5.35. The van der Waals surface area contributed by atoms with Gasteiger partial charge in [-0.25, -0.2) is 4.98 Å². The Labute approximate surface area is 94.3 Å². The highest BCUT2D eigenvalue weighted by Crippen LogP contribution is 2.28. The first-order chi connectivity index (χ1) is 6.79. The molecule has 0 unspecified atom stereocenters. The summed E-state index contributed by atoms with van der Waals surface area (Å²) in [5.41, 5.74) is 1.94. The fourth-order valence-electron chi connectivity index (χ4n) is 1.12. The first-order valence-electron chi connectivity index (χ1n) is 4.13. The van der Waals surface area contributed by atoms with Crippen molar-refractivity contribution in [3.05, 3.63) is 27.2 Å². The lowest BCUT2D eigenvalue weighted by Gasteiger charge is -1.89. The van der Waals surface area contributed by atoms with Crippen molar-refractivity contribution in [2.45, 2.75) is 6.54 Å². The van der Waals surface area contributed by atoms with Crippen LogP contribution < -0.4 is 5.32 Å². The van der Waals surface area contributed by atoms with Crippen molar-refractivity contribution in [3.8, 4) is 11.5 Å². The number of rotatable bonds is 3. The van der Waals surface area contributed by atoms with Crippen molar-refractivity contribution in [2.75, 3.05) is 7.05 Å². The number of hydrogen-bond acceptors (Lipinski definition) is 4. The molecule has 0 bridgehead atoms. The number of aromatic nitrogens is 1. The minimum atomic E-state index is 0.678. The van der Waals surface area contributed by atoms with Gasteiger partial charge in [0, 0.05) is 17.5 Å². The molecule has 0 amide bonds. The maximum absolute atomic E-state index is 5.35. The predicted molar refractivity (Wildman–Crippen MR) is 60.3 cm³/mol. The molecular formula is C9H9BrN2OS. The molecule has 0 aliphatic rings. The van der Waals surface area contributed by atoms with Crippen LogP contribution in [-0.2, 0) is 6.54 Å². The Bertz CT molecular complexity index is 424. The van der Waals surface area contributed by atoms with E-state index in [4.69, 9.17) is 4.42 Å². The molecule has 0 radical (unpaired) electrons. The van der Waals surface area contributed by atoms with Crippen LogP contribution >= 0.6 is 27.3 Å². The molecule has 0 aliphatic heterocycles. The Balaban J connectivity index is 2.24. The van der Waals surface area contributed by atoms with E-state index in [1.807, 2.05) is 18.5 Å². The van der Waals surface area contributed by atoms with Crippen LogP contribution in [0.4, 0.5) is 0 Å². The van der Waals surface area contributed by atoms with Gasteiger partial charge in [-0.15, -0.1) is 11.3 Å². The molecular weight excluding hydrogens is 264 g/mol. The summed E-state index contributed by atoms with van der Waals surface area (Å²) in [6.07, 6.45) is 1.68. The normalized spacial score (nSPS) is 10.7. The fourth-order valence-corrected chi connectivity index (χ4v) is 2.25. The van der Waals surface area contributed by atoms with Gasteiger partial charge in [0.1, 0.15) is 6.26 Å². The fraction of sp³-hybridized carbons (Fsp3) is 0.222. The number of halogens is 1. The zero-order valence-electron chi connectivity index (χ0n) is 7.58. The minimum absolute atomic E-state index is 0.678. The van der Waals surface area contributed by atoms with Gasteiger partial charge in [0.05, 0.1) is 9.48 Å². The summed E-state index contributed by atoms with van der Waals surface area (Å²) in [5, 5.41) is 5.04. The number of thiophene rings is 1. The lowest BCUT2D eigenvalue weighted by molar-refractivity contribution is 0.572. The number of nitrogens with one attached hydrogen (secondary N) is 1. The van der Waals surface area contributed by atoms with E-state index in [9.17, 15) is 0 Å². The molecule has 0 fully saturated rings. The lowest BCUT2D eigenvalue weighted by Crippen LogP contribution is -2.04. The van der Waals surface area contributed by atoms with Crippen molar-refractivity contribution in [1.82, 2.24) is 10.3 Å². The minimum Gasteiger partial charge on any atom is -0.444 e. The molecule has 3 nitrogen and oxygen atoms in total. The molecule has 2 heterocycles. The van der Waals surface area contributed by atoms with Crippen molar-refractivity contribution >= 4 is 27.3 Å². The monoisotopic (exact) mass is 272 g/mol. The second-order valence-electron chi connectivity index (χ2n) is 2.81. The summed E-state index contributed by atoms with van der Waals surface area (Å²) in [6, 6.07) is 2.00. The molecule has 1 N–H and O–H groups in total. The molecule has 0 aliphatic carbocycles. The molecule has 0 atom stereocenters. The molecule has 0 saturated heterocycles. The summed E-state index contributed by atoms with van der Waals surface area (Å²) < 4.78 is 6.44. The molecule has 2 aromatic rings.